The fourth-order valence-corrected chi connectivity index (χ4v) is 4.14. The summed E-state index contributed by atoms with van der Waals surface area (Å²) in [4.78, 5) is 2.36. The third-order valence-electron chi connectivity index (χ3n) is 5.82. The molecule has 0 bridgehead atoms. The van der Waals surface area contributed by atoms with E-state index in [4.69, 9.17) is 9.47 Å². The molecule has 144 valence electrons. The van der Waals surface area contributed by atoms with E-state index in [2.05, 4.69) is 65.6 Å². The molecule has 0 radical (unpaired) electrons. The Morgan fingerprint density at radius 3 is 2.68 bits per heavy atom. The number of hydrogen-bond donors (Lipinski definition) is 0. The molecule has 0 spiro atoms. The smallest absolute Gasteiger partial charge is 0.178 e. The monoisotopic (exact) mass is 377 g/mol. The van der Waals surface area contributed by atoms with Crippen LogP contribution < -0.4 is 9.47 Å². The minimum absolute atomic E-state index is 0.0113. The number of benzene rings is 2. The molecule has 2 aliphatic heterocycles. The summed E-state index contributed by atoms with van der Waals surface area (Å²) in [6.07, 6.45) is 0.988. The molecule has 2 aliphatic rings. The standard InChI is InChI=1S/C21H23N5O2/c1-21(2)13-14-6-4-5-7-16(14)19(25(21)3)20-22-23-24-26(20)15-8-9-17-18(12-15)28-11-10-27-17/h4-9,12,19H,10-11,13H2,1-3H3/t19-/m1/s1. The first-order valence-corrected chi connectivity index (χ1v) is 9.54. The first kappa shape index (κ1) is 17.2. The first-order chi connectivity index (χ1) is 13.5. The van der Waals surface area contributed by atoms with Crippen molar-refractivity contribution in [1.29, 1.82) is 0 Å². The summed E-state index contributed by atoms with van der Waals surface area (Å²) < 4.78 is 13.2. The summed E-state index contributed by atoms with van der Waals surface area (Å²) in [5.74, 6) is 2.27. The molecule has 0 saturated carbocycles. The number of ether oxygens (including phenoxy) is 2. The van der Waals surface area contributed by atoms with Crippen LogP contribution in [0.2, 0.25) is 0 Å². The lowest BCUT2D eigenvalue weighted by atomic mass is 9.81. The molecular formula is C21H23N5O2. The van der Waals surface area contributed by atoms with Crippen LogP contribution in [-0.4, -0.2) is 50.9 Å². The van der Waals surface area contributed by atoms with Gasteiger partial charge in [0, 0.05) is 11.6 Å². The van der Waals surface area contributed by atoms with Crippen LogP contribution in [0, 0.1) is 0 Å². The molecule has 0 unspecified atom stereocenters. The predicted octanol–water partition coefficient (Wildman–Crippen LogP) is 2.79. The molecule has 3 aromatic rings. The van der Waals surface area contributed by atoms with Gasteiger partial charge in [-0.3, -0.25) is 4.90 Å². The van der Waals surface area contributed by atoms with Gasteiger partial charge in [-0.1, -0.05) is 24.3 Å². The van der Waals surface area contributed by atoms with Gasteiger partial charge in [-0.05, 0) is 61.0 Å². The largest absolute Gasteiger partial charge is 0.486 e. The number of fused-ring (bicyclic) bond motifs is 2. The summed E-state index contributed by atoms with van der Waals surface area (Å²) >= 11 is 0. The van der Waals surface area contributed by atoms with Crippen LogP contribution in [-0.2, 0) is 6.42 Å². The summed E-state index contributed by atoms with van der Waals surface area (Å²) in [5, 5.41) is 12.7. The summed E-state index contributed by atoms with van der Waals surface area (Å²) in [7, 11) is 2.14. The van der Waals surface area contributed by atoms with Gasteiger partial charge in [0.05, 0.1) is 11.7 Å². The van der Waals surface area contributed by atoms with Crippen LogP contribution in [0.5, 0.6) is 11.5 Å². The molecule has 0 aliphatic carbocycles. The summed E-state index contributed by atoms with van der Waals surface area (Å²) in [6.45, 7) is 5.63. The Morgan fingerprint density at radius 1 is 1.04 bits per heavy atom. The number of rotatable bonds is 2. The van der Waals surface area contributed by atoms with Crippen LogP contribution in [0.1, 0.15) is 36.8 Å². The average molecular weight is 377 g/mol. The van der Waals surface area contributed by atoms with Gasteiger partial charge < -0.3 is 9.47 Å². The number of nitrogens with zero attached hydrogens (tertiary/aromatic N) is 5. The van der Waals surface area contributed by atoms with Gasteiger partial charge in [0.25, 0.3) is 0 Å². The minimum atomic E-state index is -0.0387. The second kappa shape index (κ2) is 6.31. The lowest BCUT2D eigenvalue weighted by Crippen LogP contribution is -2.49. The fraction of sp³-hybridized carbons (Fsp3) is 0.381. The van der Waals surface area contributed by atoms with Gasteiger partial charge in [-0.2, -0.15) is 4.68 Å². The maximum absolute atomic E-state index is 5.74. The van der Waals surface area contributed by atoms with Crippen LogP contribution in [0.25, 0.3) is 5.69 Å². The number of likely N-dealkylation sites (N-methyl/N-ethyl adjacent to an activating group) is 1. The molecule has 0 N–H and O–H groups in total. The molecular weight excluding hydrogens is 354 g/mol. The van der Waals surface area contributed by atoms with Crippen molar-refractivity contribution in [3.63, 3.8) is 0 Å². The normalized spacial score (nSPS) is 20.6. The van der Waals surface area contributed by atoms with Gasteiger partial charge in [0.15, 0.2) is 17.3 Å². The van der Waals surface area contributed by atoms with E-state index in [-0.39, 0.29) is 11.6 Å². The van der Waals surface area contributed by atoms with Gasteiger partial charge in [0.1, 0.15) is 13.2 Å². The van der Waals surface area contributed by atoms with E-state index in [0.29, 0.717) is 13.2 Å². The number of hydrogen-bond acceptors (Lipinski definition) is 6. The Balaban J connectivity index is 1.63. The SMILES string of the molecule is CN1[C@@H](c2nnnn2-c2ccc3c(c2)OCCO3)c2ccccc2CC1(C)C. The molecule has 0 fully saturated rings. The third-order valence-corrected chi connectivity index (χ3v) is 5.82. The van der Waals surface area contributed by atoms with Crippen molar-refractivity contribution in [3.05, 3.63) is 59.4 Å². The Kier molecular flexibility index (Phi) is 3.87. The fourth-order valence-electron chi connectivity index (χ4n) is 4.14. The van der Waals surface area contributed by atoms with Gasteiger partial charge in [0.2, 0.25) is 0 Å². The molecule has 0 saturated heterocycles. The maximum Gasteiger partial charge on any atom is 0.178 e. The Bertz CT molecular complexity index is 1030. The topological polar surface area (TPSA) is 65.3 Å². The van der Waals surface area contributed by atoms with Crippen LogP contribution in [0.4, 0.5) is 0 Å². The van der Waals surface area contributed by atoms with E-state index in [9.17, 15) is 0 Å². The highest BCUT2D eigenvalue weighted by Gasteiger charge is 2.40. The lowest BCUT2D eigenvalue weighted by molar-refractivity contribution is 0.0993. The van der Waals surface area contributed by atoms with E-state index < -0.39 is 0 Å². The van der Waals surface area contributed by atoms with E-state index in [1.165, 1.54) is 11.1 Å². The summed E-state index contributed by atoms with van der Waals surface area (Å²) in [6, 6.07) is 14.3. The molecule has 3 heterocycles. The first-order valence-electron chi connectivity index (χ1n) is 9.54. The quantitative estimate of drug-likeness (QED) is 0.684. The highest BCUT2D eigenvalue weighted by Crippen LogP contribution is 2.41. The van der Waals surface area contributed by atoms with Crippen LogP contribution >= 0.6 is 0 Å². The Labute approximate surface area is 163 Å². The van der Waals surface area contributed by atoms with Crippen molar-refractivity contribution in [2.45, 2.75) is 31.8 Å². The molecule has 28 heavy (non-hydrogen) atoms. The molecule has 1 aromatic heterocycles. The summed E-state index contributed by atoms with van der Waals surface area (Å²) in [5.41, 5.74) is 3.44. The highest BCUT2D eigenvalue weighted by molar-refractivity contribution is 5.50. The molecule has 7 nitrogen and oxygen atoms in total. The van der Waals surface area contributed by atoms with Crippen molar-refractivity contribution < 1.29 is 9.47 Å². The van der Waals surface area contributed by atoms with Crippen molar-refractivity contribution in [2.24, 2.45) is 0 Å². The van der Waals surface area contributed by atoms with Crippen molar-refractivity contribution >= 4 is 0 Å². The second-order valence-electron chi connectivity index (χ2n) is 7.98. The Morgan fingerprint density at radius 2 is 1.82 bits per heavy atom. The average Bonchev–Trinajstić information content (AvgIpc) is 3.17. The maximum atomic E-state index is 5.74. The van der Waals surface area contributed by atoms with Gasteiger partial charge in [-0.15, -0.1) is 5.10 Å². The second-order valence-corrected chi connectivity index (χ2v) is 7.98. The number of tetrazole rings is 1. The Hall–Kier alpha value is -2.93. The molecule has 0 amide bonds. The van der Waals surface area contributed by atoms with E-state index in [0.717, 1.165) is 29.4 Å². The predicted molar refractivity (Wildman–Crippen MR) is 104 cm³/mol. The molecule has 7 heteroatoms. The number of aromatic nitrogens is 4. The van der Waals surface area contributed by atoms with Crippen molar-refractivity contribution in [2.75, 3.05) is 20.3 Å². The van der Waals surface area contributed by atoms with Crippen molar-refractivity contribution in [1.82, 2.24) is 25.1 Å². The van der Waals surface area contributed by atoms with E-state index in [1.807, 2.05) is 18.2 Å². The molecule has 1 atom stereocenters. The minimum Gasteiger partial charge on any atom is -0.486 e. The molecule has 5 rings (SSSR count). The van der Waals surface area contributed by atoms with Gasteiger partial charge >= 0.3 is 0 Å². The van der Waals surface area contributed by atoms with E-state index in [1.54, 1.807) is 4.68 Å². The highest BCUT2D eigenvalue weighted by atomic mass is 16.6. The van der Waals surface area contributed by atoms with Crippen molar-refractivity contribution in [3.8, 4) is 17.2 Å². The lowest BCUT2D eigenvalue weighted by Gasteiger charge is -2.45. The van der Waals surface area contributed by atoms with Crippen LogP contribution in [0.15, 0.2) is 42.5 Å². The van der Waals surface area contributed by atoms with E-state index >= 15 is 0 Å². The van der Waals surface area contributed by atoms with Crippen LogP contribution in [0.3, 0.4) is 0 Å². The zero-order valence-electron chi connectivity index (χ0n) is 16.3. The third kappa shape index (κ3) is 2.65. The van der Waals surface area contributed by atoms with Gasteiger partial charge in [-0.25, -0.2) is 0 Å². The zero-order valence-corrected chi connectivity index (χ0v) is 16.3. The zero-order chi connectivity index (χ0) is 19.3. The molecule has 2 aromatic carbocycles.